The van der Waals surface area contributed by atoms with Crippen LogP contribution in [0.2, 0.25) is 0 Å². The van der Waals surface area contributed by atoms with Gasteiger partial charge in [0.15, 0.2) is 16.1 Å². The molecule has 1 N–H and O–H groups in total. The van der Waals surface area contributed by atoms with E-state index in [0.29, 0.717) is 34.1 Å². The number of carbonyl (C=O) groups excluding carboxylic acids is 1. The highest BCUT2D eigenvalue weighted by Crippen LogP contribution is 2.34. The van der Waals surface area contributed by atoms with Gasteiger partial charge in [0.1, 0.15) is 12.1 Å². The summed E-state index contributed by atoms with van der Waals surface area (Å²) in [5.41, 5.74) is 5.46. The van der Waals surface area contributed by atoms with Crippen LogP contribution in [-0.2, 0) is 11.2 Å². The molecule has 5 rings (SSSR count). The zero-order valence-electron chi connectivity index (χ0n) is 24.8. The average Bonchev–Trinajstić information content (AvgIpc) is 3.62. The fourth-order valence-corrected chi connectivity index (χ4v) is 5.93. The van der Waals surface area contributed by atoms with Crippen LogP contribution in [0.25, 0.3) is 17.1 Å². The molecule has 8 nitrogen and oxygen atoms in total. The molecule has 0 aliphatic carbocycles. The number of alkyl halides is 3. The first kappa shape index (κ1) is 32.2. The van der Waals surface area contributed by atoms with E-state index in [9.17, 15) is 18.0 Å². The molecule has 45 heavy (non-hydrogen) atoms. The Kier molecular flexibility index (Phi) is 9.88. The number of thiocarbonyl (C=S) groups is 1. The summed E-state index contributed by atoms with van der Waals surface area (Å²) in [7, 11) is 0. The Hall–Kier alpha value is -4.23. The fraction of sp³-hybridized carbons (Fsp3) is 0.281. The second-order valence-electron chi connectivity index (χ2n) is 10.7. The van der Waals surface area contributed by atoms with Gasteiger partial charge in [-0.1, -0.05) is 55.9 Å². The largest absolute Gasteiger partial charge is 0.573 e. The molecule has 0 spiro atoms. The number of anilines is 1. The number of amides is 1. The maximum absolute atomic E-state index is 12.8. The lowest BCUT2D eigenvalue weighted by Gasteiger charge is -2.22. The number of thioether (sulfide) groups is 1. The summed E-state index contributed by atoms with van der Waals surface area (Å²) < 4.78 is 42.7. The molecule has 0 bridgehead atoms. The van der Waals surface area contributed by atoms with Crippen molar-refractivity contribution in [3.63, 3.8) is 0 Å². The third-order valence-corrected chi connectivity index (χ3v) is 8.10. The topological polar surface area (TPSA) is 84.6 Å². The second kappa shape index (κ2) is 13.8. The minimum absolute atomic E-state index is 0.0123. The summed E-state index contributed by atoms with van der Waals surface area (Å²) in [5.74, 6) is 0.739. The van der Waals surface area contributed by atoms with Crippen molar-refractivity contribution < 1.29 is 22.7 Å². The Morgan fingerprint density at radius 1 is 1.13 bits per heavy atom. The monoisotopic (exact) mass is 652 g/mol. The van der Waals surface area contributed by atoms with Gasteiger partial charge in [0.2, 0.25) is 5.91 Å². The Morgan fingerprint density at radius 2 is 1.91 bits per heavy atom. The number of nitrogens with one attached hydrogen (secondary N) is 1. The number of aliphatic imine (C=N–C) groups is 1. The van der Waals surface area contributed by atoms with E-state index in [1.807, 2.05) is 37.3 Å². The van der Waals surface area contributed by atoms with Crippen LogP contribution in [0.4, 0.5) is 18.9 Å². The van der Waals surface area contributed by atoms with Crippen molar-refractivity contribution in [2.24, 2.45) is 4.99 Å². The third kappa shape index (κ3) is 8.28. The number of ether oxygens (including phenoxy) is 1. The lowest BCUT2D eigenvalue weighted by molar-refractivity contribution is -0.274. The molecule has 1 aromatic heterocycles. The number of benzene rings is 3. The van der Waals surface area contributed by atoms with Gasteiger partial charge in [0, 0.05) is 12.1 Å². The Labute approximate surface area is 268 Å². The summed E-state index contributed by atoms with van der Waals surface area (Å²) >= 11 is 6.89. The lowest BCUT2D eigenvalue weighted by Crippen LogP contribution is -2.32. The van der Waals surface area contributed by atoms with Gasteiger partial charge in [-0.25, -0.2) is 9.67 Å². The van der Waals surface area contributed by atoms with Crippen LogP contribution in [-0.4, -0.2) is 49.6 Å². The van der Waals surface area contributed by atoms with Gasteiger partial charge in [-0.05, 0) is 91.0 Å². The Bertz CT molecular complexity index is 1720. The molecule has 2 heterocycles. The summed E-state index contributed by atoms with van der Waals surface area (Å²) in [6.07, 6.45) is -1.69. The van der Waals surface area contributed by atoms with Gasteiger partial charge in [0.25, 0.3) is 0 Å². The maximum atomic E-state index is 12.8. The predicted molar refractivity (Wildman–Crippen MR) is 175 cm³/mol. The number of hydrogen-bond acceptors (Lipinski definition) is 6. The lowest BCUT2D eigenvalue weighted by atomic mass is 9.99. The highest BCUT2D eigenvalue weighted by molar-refractivity contribution is 8.15. The van der Waals surface area contributed by atoms with Crippen LogP contribution >= 0.6 is 24.0 Å². The van der Waals surface area contributed by atoms with Crippen LogP contribution in [0, 0.1) is 6.92 Å². The average molecular weight is 653 g/mol. The fourth-order valence-electron chi connectivity index (χ4n) is 4.82. The third-order valence-electron chi connectivity index (χ3n) is 6.94. The summed E-state index contributed by atoms with van der Waals surface area (Å²) in [4.78, 5) is 23.5. The molecule has 3 aromatic carbocycles. The van der Waals surface area contributed by atoms with Crippen molar-refractivity contribution in [2.45, 2.75) is 45.9 Å². The Balaban J connectivity index is 1.17. The van der Waals surface area contributed by atoms with E-state index in [0.717, 1.165) is 40.8 Å². The van der Waals surface area contributed by atoms with Crippen molar-refractivity contribution in [1.29, 1.82) is 0 Å². The zero-order chi connectivity index (χ0) is 32.1. The van der Waals surface area contributed by atoms with E-state index in [4.69, 9.17) is 12.2 Å². The van der Waals surface area contributed by atoms with Crippen molar-refractivity contribution in [3.05, 3.63) is 89.7 Å². The highest BCUT2D eigenvalue weighted by atomic mass is 32.2. The van der Waals surface area contributed by atoms with E-state index in [1.165, 1.54) is 47.0 Å². The molecule has 1 fully saturated rings. The van der Waals surface area contributed by atoms with Gasteiger partial charge in [-0.15, -0.1) is 18.3 Å². The molecule has 1 aliphatic rings. The number of aromatic nitrogens is 3. The van der Waals surface area contributed by atoms with Crippen LogP contribution in [0.1, 0.15) is 42.9 Å². The number of hydrogen-bond donors (Lipinski definition) is 1. The molecule has 4 aromatic rings. The van der Waals surface area contributed by atoms with E-state index in [1.54, 1.807) is 4.90 Å². The minimum Gasteiger partial charge on any atom is -0.406 e. The van der Waals surface area contributed by atoms with Crippen LogP contribution < -0.4 is 15.0 Å². The molecule has 0 atom stereocenters. The van der Waals surface area contributed by atoms with Crippen molar-refractivity contribution >= 4 is 45.9 Å². The summed E-state index contributed by atoms with van der Waals surface area (Å²) in [6, 6.07) is 19.4. The zero-order valence-corrected chi connectivity index (χ0v) is 26.5. The molecule has 1 saturated heterocycles. The van der Waals surface area contributed by atoms with Crippen molar-refractivity contribution in [3.8, 4) is 22.8 Å². The molecular formula is C32H31F3N6O2S2. The second-order valence-corrected chi connectivity index (χ2v) is 12.0. The normalized spacial score (nSPS) is 14.4. The number of carbonyl (C=O) groups is 1. The number of rotatable bonds is 9. The van der Waals surface area contributed by atoms with E-state index < -0.39 is 6.36 Å². The number of aryl methyl sites for hydroxylation is 2. The molecule has 0 radical (unpaired) electrons. The SMILES string of the molecule is Cc1ccc(C(C)C)c(N2C(=O)CSC2=NC(=S)NCCCc2cccc(-c3ncn(-c4ccc(OC(F)(F)F)cc4)n3)c2)c1. The smallest absolute Gasteiger partial charge is 0.406 e. The van der Waals surface area contributed by atoms with Gasteiger partial charge in [0.05, 0.1) is 17.1 Å². The molecule has 1 aliphatic heterocycles. The van der Waals surface area contributed by atoms with Gasteiger partial charge < -0.3 is 10.1 Å². The van der Waals surface area contributed by atoms with Crippen LogP contribution in [0.5, 0.6) is 5.75 Å². The first-order valence-corrected chi connectivity index (χ1v) is 15.7. The van der Waals surface area contributed by atoms with Crippen LogP contribution in [0.15, 0.2) is 78.0 Å². The molecule has 1 amide bonds. The number of amidine groups is 1. The molecule has 234 valence electrons. The summed E-state index contributed by atoms with van der Waals surface area (Å²) in [5, 5.41) is 8.59. The van der Waals surface area contributed by atoms with Crippen molar-refractivity contribution in [1.82, 2.24) is 20.1 Å². The number of halogens is 3. The van der Waals surface area contributed by atoms with Gasteiger partial charge >= 0.3 is 6.36 Å². The Morgan fingerprint density at radius 3 is 2.64 bits per heavy atom. The minimum atomic E-state index is -4.75. The maximum Gasteiger partial charge on any atom is 0.573 e. The number of nitrogens with zero attached hydrogens (tertiary/aromatic N) is 5. The van der Waals surface area contributed by atoms with Gasteiger partial charge in [-0.3, -0.25) is 9.69 Å². The van der Waals surface area contributed by atoms with Crippen molar-refractivity contribution in [2.75, 3.05) is 17.2 Å². The van der Waals surface area contributed by atoms with Crippen LogP contribution in [0.3, 0.4) is 0 Å². The quantitative estimate of drug-likeness (QED) is 0.151. The molecular weight excluding hydrogens is 622 g/mol. The summed E-state index contributed by atoms with van der Waals surface area (Å²) in [6.45, 7) is 6.81. The molecule has 0 saturated carbocycles. The standard InChI is InChI=1S/C32H31F3N6O2S2/c1-20(2)26-14-9-21(3)16-27(26)41-28(42)18-45-31(41)38-30(44)36-15-5-7-22-6-4-8-23(17-22)29-37-19-40(39-29)24-10-12-25(13-11-24)43-32(33,34)35/h4,6,8-14,16-17,19-20H,5,7,15,18H2,1-3H3,(H,36,44). The first-order valence-electron chi connectivity index (χ1n) is 14.3. The highest BCUT2D eigenvalue weighted by Gasteiger charge is 2.32. The molecule has 13 heteroatoms. The van der Waals surface area contributed by atoms with E-state index in [-0.39, 0.29) is 17.6 Å². The predicted octanol–water partition coefficient (Wildman–Crippen LogP) is 7.21. The first-order chi connectivity index (χ1) is 21.5. The van der Waals surface area contributed by atoms with Gasteiger partial charge in [-0.2, -0.15) is 4.99 Å². The van der Waals surface area contributed by atoms with E-state index in [2.05, 4.69) is 51.1 Å². The van der Waals surface area contributed by atoms with E-state index >= 15 is 0 Å². The molecule has 0 unspecified atom stereocenters.